The van der Waals surface area contributed by atoms with Gasteiger partial charge in [0.05, 0.1) is 30.9 Å². The molecule has 0 N–H and O–H groups in total. The van der Waals surface area contributed by atoms with Gasteiger partial charge in [0.25, 0.3) is 11.1 Å². The highest BCUT2D eigenvalue weighted by Crippen LogP contribution is 2.43. The van der Waals surface area contributed by atoms with Gasteiger partial charge in [-0.1, -0.05) is 36.8 Å². The van der Waals surface area contributed by atoms with E-state index in [1.807, 2.05) is 39.8 Å². The van der Waals surface area contributed by atoms with E-state index in [-0.39, 0.29) is 28.7 Å². The zero-order valence-electron chi connectivity index (χ0n) is 25.0. The molecular formula is C35H35N3O6. The maximum Gasteiger partial charge on any atom is 0.262 e. The zero-order valence-corrected chi connectivity index (χ0v) is 25.0. The van der Waals surface area contributed by atoms with Crippen LogP contribution in [0.4, 0.5) is 0 Å². The molecule has 9 nitrogen and oxygen atoms in total. The molecule has 2 unspecified atom stereocenters. The Morgan fingerprint density at radius 1 is 0.864 bits per heavy atom. The van der Waals surface area contributed by atoms with E-state index < -0.39 is 0 Å². The van der Waals surface area contributed by atoms with Crippen molar-refractivity contribution < 1.29 is 19.1 Å². The van der Waals surface area contributed by atoms with E-state index in [9.17, 15) is 19.2 Å². The highest BCUT2D eigenvalue weighted by molar-refractivity contribution is 6.27. The molecule has 44 heavy (non-hydrogen) atoms. The number of hydrogen-bond acceptors (Lipinski definition) is 6. The number of nitrogens with zero attached hydrogens (tertiary/aromatic N) is 3. The minimum atomic E-state index is -0.227. The van der Waals surface area contributed by atoms with Crippen molar-refractivity contribution in [3.8, 4) is 22.8 Å². The summed E-state index contributed by atoms with van der Waals surface area (Å²) in [5, 5.41) is 0.894. The number of carbonyl (C=O) groups excluding carboxylic acids is 2. The van der Waals surface area contributed by atoms with Crippen LogP contribution in [0.15, 0.2) is 64.2 Å². The van der Waals surface area contributed by atoms with Gasteiger partial charge >= 0.3 is 0 Å². The highest BCUT2D eigenvalue weighted by atomic mass is 16.5. The van der Waals surface area contributed by atoms with Gasteiger partial charge in [-0.3, -0.25) is 19.2 Å². The van der Waals surface area contributed by atoms with Crippen LogP contribution in [-0.4, -0.2) is 53.0 Å². The molecule has 0 saturated carbocycles. The second kappa shape index (κ2) is 11.1. The van der Waals surface area contributed by atoms with E-state index in [0.717, 1.165) is 24.1 Å². The Hall–Kier alpha value is -4.66. The Balaban J connectivity index is 1.09. The van der Waals surface area contributed by atoms with Crippen molar-refractivity contribution in [2.45, 2.75) is 51.1 Å². The largest absolute Gasteiger partial charge is 0.493 e. The Bertz CT molecular complexity index is 1940. The van der Waals surface area contributed by atoms with E-state index in [1.54, 1.807) is 28.8 Å². The van der Waals surface area contributed by atoms with Crippen molar-refractivity contribution in [2.75, 3.05) is 27.3 Å². The molecule has 2 aromatic carbocycles. The lowest BCUT2D eigenvalue weighted by Gasteiger charge is -2.42. The summed E-state index contributed by atoms with van der Waals surface area (Å²) in [5.41, 5.74) is 3.35. The maximum atomic E-state index is 14.1. The summed E-state index contributed by atoms with van der Waals surface area (Å²) in [5.74, 6) is 1.29. The van der Waals surface area contributed by atoms with Gasteiger partial charge in [0.1, 0.15) is 0 Å². The quantitative estimate of drug-likeness (QED) is 0.244. The van der Waals surface area contributed by atoms with E-state index in [2.05, 4.69) is 0 Å². The number of ketones is 1. The number of fused-ring (bicyclic) bond motifs is 9. The molecule has 2 aliphatic heterocycles. The Labute approximate surface area is 254 Å². The first-order chi connectivity index (χ1) is 21.4. The molecule has 1 saturated heterocycles. The van der Waals surface area contributed by atoms with Crippen LogP contribution in [-0.2, 0) is 17.9 Å². The SMILES string of the molecule is COc1ccc2c3c(n(CCCCCC(=O)N4CC5CC(C4)c4cccc(=O)n4C5)c(=O)c2c1OC)-c1ccccc1C3=O. The van der Waals surface area contributed by atoms with Gasteiger partial charge in [-0.15, -0.1) is 0 Å². The van der Waals surface area contributed by atoms with Gasteiger partial charge in [-0.25, -0.2) is 0 Å². The summed E-state index contributed by atoms with van der Waals surface area (Å²) in [6, 6.07) is 16.3. The van der Waals surface area contributed by atoms with Gasteiger partial charge in [0.2, 0.25) is 5.91 Å². The zero-order chi connectivity index (χ0) is 30.5. The number of benzene rings is 2. The van der Waals surface area contributed by atoms with E-state index in [4.69, 9.17) is 9.47 Å². The lowest BCUT2D eigenvalue weighted by Crippen LogP contribution is -2.49. The molecule has 4 heterocycles. The fourth-order valence-electron chi connectivity index (χ4n) is 7.57. The molecule has 9 heteroatoms. The first kappa shape index (κ1) is 28.1. The minimum Gasteiger partial charge on any atom is -0.493 e. The smallest absolute Gasteiger partial charge is 0.262 e. The monoisotopic (exact) mass is 593 g/mol. The summed E-state index contributed by atoms with van der Waals surface area (Å²) < 4.78 is 14.7. The predicted octanol–water partition coefficient (Wildman–Crippen LogP) is 4.60. The second-order valence-corrected chi connectivity index (χ2v) is 12.1. The molecule has 1 amide bonds. The molecule has 7 rings (SSSR count). The van der Waals surface area contributed by atoms with Crippen molar-refractivity contribution in [3.05, 3.63) is 92.1 Å². The van der Waals surface area contributed by atoms with Crippen molar-refractivity contribution in [1.82, 2.24) is 14.0 Å². The molecule has 1 aliphatic carbocycles. The number of piperidine rings is 1. The number of unbranched alkanes of at least 4 members (excludes halogenated alkanes) is 2. The average molecular weight is 594 g/mol. The average Bonchev–Trinajstić information content (AvgIpc) is 3.34. The number of pyridine rings is 2. The summed E-state index contributed by atoms with van der Waals surface area (Å²) in [6.07, 6.45) is 3.60. The number of carbonyl (C=O) groups is 2. The third-order valence-corrected chi connectivity index (χ3v) is 9.54. The van der Waals surface area contributed by atoms with Gasteiger partial charge in [-0.05, 0) is 43.4 Å². The first-order valence-electron chi connectivity index (χ1n) is 15.3. The number of hydrogen-bond donors (Lipinski definition) is 0. The maximum absolute atomic E-state index is 14.1. The molecule has 1 fully saturated rings. The fourth-order valence-corrected chi connectivity index (χ4v) is 7.57. The number of amides is 1. The number of ether oxygens (including phenoxy) is 2. The van der Waals surface area contributed by atoms with E-state index in [1.165, 1.54) is 14.2 Å². The fraction of sp³-hybridized carbons (Fsp3) is 0.371. The van der Waals surface area contributed by atoms with Crippen LogP contribution in [0.2, 0.25) is 0 Å². The van der Waals surface area contributed by atoms with Gasteiger partial charge in [0.15, 0.2) is 17.3 Å². The summed E-state index contributed by atoms with van der Waals surface area (Å²) in [7, 11) is 3.02. The predicted molar refractivity (Wildman–Crippen MR) is 167 cm³/mol. The van der Waals surface area contributed by atoms with Crippen LogP contribution < -0.4 is 20.6 Å². The molecule has 2 aromatic heterocycles. The van der Waals surface area contributed by atoms with Crippen molar-refractivity contribution >= 4 is 22.5 Å². The lowest BCUT2D eigenvalue weighted by atomic mass is 9.83. The van der Waals surface area contributed by atoms with Crippen LogP contribution in [0.1, 0.15) is 59.6 Å². The first-order valence-corrected chi connectivity index (χ1v) is 15.3. The summed E-state index contributed by atoms with van der Waals surface area (Å²) in [6.45, 7) is 2.42. The third-order valence-electron chi connectivity index (χ3n) is 9.54. The number of likely N-dealkylation sites (tertiary alicyclic amines) is 1. The summed E-state index contributed by atoms with van der Waals surface area (Å²) in [4.78, 5) is 55.2. The molecule has 226 valence electrons. The lowest BCUT2D eigenvalue weighted by molar-refractivity contribution is -0.134. The standard InChI is InChI=1S/C35H35N3O6/c1-43-27-15-14-25-30-32(23-9-5-6-10-24(23)33(30)41)37(35(42)31(25)34(27)44-2)16-7-3-4-12-28(39)36-18-21-17-22(20-36)26-11-8-13-29(40)38(26)19-21/h5-6,8-11,13-15,21-22H,3-4,7,12,16-20H2,1-2H3. The van der Waals surface area contributed by atoms with Gasteiger partial charge in [-0.2, -0.15) is 0 Å². The Morgan fingerprint density at radius 2 is 1.68 bits per heavy atom. The topological polar surface area (TPSA) is 99.8 Å². The molecule has 0 radical (unpaired) electrons. The summed E-state index contributed by atoms with van der Waals surface area (Å²) >= 11 is 0. The van der Waals surface area contributed by atoms with Crippen molar-refractivity contribution in [2.24, 2.45) is 5.92 Å². The van der Waals surface area contributed by atoms with Crippen LogP contribution in [0.5, 0.6) is 11.5 Å². The molecule has 3 aliphatic rings. The second-order valence-electron chi connectivity index (χ2n) is 12.1. The van der Waals surface area contributed by atoms with Gasteiger partial charge in [0, 0.05) is 66.8 Å². The van der Waals surface area contributed by atoms with Gasteiger partial charge < -0.3 is 23.5 Å². The number of rotatable bonds is 8. The van der Waals surface area contributed by atoms with E-state index >= 15 is 0 Å². The Morgan fingerprint density at radius 3 is 2.48 bits per heavy atom. The van der Waals surface area contributed by atoms with Crippen LogP contribution in [0, 0.1) is 5.92 Å². The Kier molecular flexibility index (Phi) is 7.11. The molecule has 4 aromatic rings. The molecule has 2 atom stereocenters. The van der Waals surface area contributed by atoms with Crippen LogP contribution >= 0.6 is 0 Å². The minimum absolute atomic E-state index is 0.0403. The molecule has 0 spiro atoms. The van der Waals surface area contributed by atoms with E-state index in [0.29, 0.717) is 90.5 Å². The highest BCUT2D eigenvalue weighted by Gasteiger charge is 2.36. The third kappa shape index (κ3) is 4.44. The number of aromatic nitrogens is 2. The normalized spacial score (nSPS) is 18.1. The van der Waals surface area contributed by atoms with Crippen molar-refractivity contribution in [3.63, 3.8) is 0 Å². The molecule has 2 bridgehead atoms. The molecular weight excluding hydrogens is 558 g/mol. The number of methoxy groups -OCH3 is 2. The van der Waals surface area contributed by atoms with Crippen LogP contribution in [0.25, 0.3) is 22.0 Å². The van der Waals surface area contributed by atoms with Crippen molar-refractivity contribution in [1.29, 1.82) is 0 Å². The van der Waals surface area contributed by atoms with Crippen LogP contribution in [0.3, 0.4) is 0 Å².